The molecule has 1 aliphatic rings. The van der Waals surface area contributed by atoms with Crippen molar-refractivity contribution in [3.8, 4) is 0 Å². The number of ether oxygens (including phenoxy) is 3. The average molecular weight is 505 g/mol. The second-order valence-electron chi connectivity index (χ2n) is 9.69. The van der Waals surface area contributed by atoms with Crippen molar-refractivity contribution in [2.75, 3.05) is 6.61 Å². The van der Waals surface area contributed by atoms with E-state index in [0.29, 0.717) is 19.3 Å². The first-order valence-corrected chi connectivity index (χ1v) is 13.5. The number of hydrogen-bond acceptors (Lipinski definition) is 8. The number of carbonyl (C=O) groups excluding carboxylic acids is 1. The van der Waals surface area contributed by atoms with E-state index in [1.165, 1.54) is 51.9 Å². The maximum atomic E-state index is 11.1. The van der Waals surface area contributed by atoms with E-state index < -0.39 is 42.6 Å². The molecule has 1 fully saturated rings. The van der Waals surface area contributed by atoms with Crippen molar-refractivity contribution in [1.82, 2.24) is 0 Å². The van der Waals surface area contributed by atoms with Crippen LogP contribution in [-0.4, -0.2) is 75.8 Å². The van der Waals surface area contributed by atoms with Crippen LogP contribution < -0.4 is 0 Å². The third-order valence-corrected chi connectivity index (χ3v) is 6.49. The molecule has 9 nitrogen and oxygen atoms in total. The third-order valence-electron chi connectivity index (χ3n) is 6.49. The van der Waals surface area contributed by atoms with E-state index in [2.05, 4.69) is 6.92 Å². The summed E-state index contributed by atoms with van der Waals surface area (Å²) in [6.07, 6.45) is 7.84. The Labute approximate surface area is 210 Å². The van der Waals surface area contributed by atoms with E-state index in [1.54, 1.807) is 0 Å². The first kappa shape index (κ1) is 31.8. The van der Waals surface area contributed by atoms with Crippen LogP contribution >= 0.6 is 0 Å². The molecule has 1 saturated heterocycles. The largest absolute Gasteiger partial charge is 0.481 e. The molecule has 0 radical (unpaired) electrons. The minimum atomic E-state index is -1.50. The lowest BCUT2D eigenvalue weighted by atomic mass is 9.98. The number of aliphatic carboxylic acids is 1. The van der Waals surface area contributed by atoms with Gasteiger partial charge in [0.15, 0.2) is 6.29 Å². The topological polar surface area (TPSA) is 143 Å². The molecule has 0 unspecified atom stereocenters. The summed E-state index contributed by atoms with van der Waals surface area (Å²) in [5.74, 6) is -1.38. The zero-order chi connectivity index (χ0) is 26.1. The molecule has 4 N–H and O–H groups in total. The van der Waals surface area contributed by atoms with Crippen molar-refractivity contribution in [3.63, 3.8) is 0 Å². The quantitative estimate of drug-likeness (QED) is 0.144. The van der Waals surface area contributed by atoms with Gasteiger partial charge in [-0.25, -0.2) is 0 Å². The Morgan fingerprint density at radius 2 is 1.34 bits per heavy atom. The Hall–Kier alpha value is -1.26. The number of carbonyl (C=O) groups is 2. The van der Waals surface area contributed by atoms with Crippen LogP contribution in [0, 0.1) is 0 Å². The van der Waals surface area contributed by atoms with Crippen LogP contribution in [0.4, 0.5) is 0 Å². The van der Waals surface area contributed by atoms with Crippen molar-refractivity contribution in [2.24, 2.45) is 0 Å². The second-order valence-corrected chi connectivity index (χ2v) is 9.69. The molecule has 9 heteroatoms. The molecular formula is C26H48O9. The van der Waals surface area contributed by atoms with Gasteiger partial charge in [-0.15, -0.1) is 0 Å². The van der Waals surface area contributed by atoms with Crippen LogP contribution in [0.15, 0.2) is 0 Å². The highest BCUT2D eigenvalue weighted by Crippen LogP contribution is 2.26. The van der Waals surface area contributed by atoms with Crippen LogP contribution in [0.2, 0.25) is 0 Å². The summed E-state index contributed by atoms with van der Waals surface area (Å²) in [4.78, 5) is 21.9. The van der Waals surface area contributed by atoms with Crippen LogP contribution in [0.25, 0.3) is 0 Å². The molecule has 0 aromatic rings. The number of esters is 1. The highest BCUT2D eigenvalue weighted by molar-refractivity contribution is 5.66. The Kier molecular flexibility index (Phi) is 17.2. The van der Waals surface area contributed by atoms with Crippen LogP contribution in [0.5, 0.6) is 0 Å². The fourth-order valence-corrected chi connectivity index (χ4v) is 4.34. The first-order chi connectivity index (χ1) is 16.8. The highest BCUT2D eigenvalue weighted by atomic mass is 16.7. The smallest absolute Gasteiger partial charge is 0.303 e. The molecule has 0 spiro atoms. The van der Waals surface area contributed by atoms with E-state index in [1.807, 2.05) is 0 Å². The van der Waals surface area contributed by atoms with E-state index in [9.17, 15) is 24.9 Å². The summed E-state index contributed by atoms with van der Waals surface area (Å²) < 4.78 is 16.6. The maximum Gasteiger partial charge on any atom is 0.303 e. The van der Waals surface area contributed by atoms with Crippen LogP contribution in [-0.2, 0) is 23.8 Å². The normalized spacial score (nSPS) is 25.3. The van der Waals surface area contributed by atoms with E-state index >= 15 is 0 Å². The second kappa shape index (κ2) is 18.9. The Bertz CT molecular complexity index is 571. The number of carboxylic acids is 1. The predicted molar refractivity (Wildman–Crippen MR) is 131 cm³/mol. The van der Waals surface area contributed by atoms with Crippen molar-refractivity contribution >= 4 is 11.9 Å². The fraction of sp³-hybridized carbons (Fsp3) is 0.923. The monoisotopic (exact) mass is 504 g/mol. The van der Waals surface area contributed by atoms with Gasteiger partial charge in [0, 0.05) is 13.3 Å². The molecule has 1 aliphatic heterocycles. The molecule has 35 heavy (non-hydrogen) atoms. The van der Waals surface area contributed by atoms with Crippen molar-refractivity contribution in [1.29, 1.82) is 0 Å². The fourth-order valence-electron chi connectivity index (χ4n) is 4.34. The molecule has 0 saturated carbocycles. The molecule has 1 heterocycles. The maximum absolute atomic E-state index is 11.1. The van der Waals surface area contributed by atoms with Crippen LogP contribution in [0.1, 0.15) is 110 Å². The SMILES string of the molecule is CCCCCCCCCCCC[C@@H](CCCCC(=O)O)O[C@@H]1O[C@H](COC(C)=O)[C@@H](O)[C@H](O)[C@H]1O. The molecule has 0 aromatic carbocycles. The predicted octanol–water partition coefficient (Wildman–Crippen LogP) is 3.70. The Balaban J connectivity index is 2.52. The zero-order valence-corrected chi connectivity index (χ0v) is 21.6. The molecule has 206 valence electrons. The number of carboxylic acid groups (broad SMARTS) is 1. The number of aliphatic hydroxyl groups is 3. The van der Waals surface area contributed by atoms with Gasteiger partial charge in [0.1, 0.15) is 31.0 Å². The van der Waals surface area contributed by atoms with Gasteiger partial charge in [-0.1, -0.05) is 77.6 Å². The molecule has 6 atom stereocenters. The number of hydrogen-bond donors (Lipinski definition) is 4. The lowest BCUT2D eigenvalue weighted by Gasteiger charge is -2.41. The molecule has 0 aliphatic carbocycles. The minimum absolute atomic E-state index is 0.0862. The highest BCUT2D eigenvalue weighted by Gasteiger charge is 2.45. The van der Waals surface area contributed by atoms with Gasteiger partial charge in [-0.3, -0.25) is 9.59 Å². The first-order valence-electron chi connectivity index (χ1n) is 13.5. The standard InChI is InChI=1S/C26H48O9/c1-3-4-5-6-7-8-9-10-11-12-15-20(16-13-14-17-22(28)29)34-26-25(32)24(31)23(30)21(35-26)18-33-19(2)27/h20-21,23-26,30-32H,3-18H2,1-2H3,(H,28,29)/t20-,21+,23+,24-,25+,26+/m0/s1. The van der Waals surface area contributed by atoms with Gasteiger partial charge >= 0.3 is 11.9 Å². The van der Waals surface area contributed by atoms with E-state index in [0.717, 1.165) is 25.7 Å². The summed E-state index contributed by atoms with van der Waals surface area (Å²) in [7, 11) is 0. The minimum Gasteiger partial charge on any atom is -0.481 e. The van der Waals surface area contributed by atoms with Crippen molar-refractivity contribution in [2.45, 2.75) is 147 Å². The Morgan fingerprint density at radius 1 is 0.800 bits per heavy atom. The summed E-state index contributed by atoms with van der Waals surface area (Å²) in [5.41, 5.74) is 0. The van der Waals surface area contributed by atoms with Crippen LogP contribution in [0.3, 0.4) is 0 Å². The molecule has 1 rings (SSSR count). The molecule has 0 amide bonds. The van der Waals surface area contributed by atoms with Gasteiger partial charge in [0.05, 0.1) is 6.10 Å². The average Bonchev–Trinajstić information content (AvgIpc) is 2.81. The summed E-state index contributed by atoms with van der Waals surface area (Å²) in [5, 5.41) is 39.7. The molecular weight excluding hydrogens is 456 g/mol. The zero-order valence-electron chi connectivity index (χ0n) is 21.6. The van der Waals surface area contributed by atoms with Gasteiger partial charge in [0.25, 0.3) is 0 Å². The van der Waals surface area contributed by atoms with E-state index in [-0.39, 0.29) is 19.1 Å². The van der Waals surface area contributed by atoms with Crippen molar-refractivity contribution in [3.05, 3.63) is 0 Å². The van der Waals surface area contributed by atoms with Gasteiger partial charge in [0.2, 0.25) is 0 Å². The van der Waals surface area contributed by atoms with Crippen molar-refractivity contribution < 1.29 is 44.2 Å². The van der Waals surface area contributed by atoms with Gasteiger partial charge in [-0.2, -0.15) is 0 Å². The summed E-state index contributed by atoms with van der Waals surface area (Å²) in [6.45, 7) is 3.19. The number of aliphatic hydroxyl groups excluding tert-OH is 3. The Morgan fingerprint density at radius 3 is 1.89 bits per heavy atom. The van der Waals surface area contributed by atoms with Gasteiger partial charge < -0.3 is 34.6 Å². The lowest BCUT2D eigenvalue weighted by molar-refractivity contribution is -0.312. The van der Waals surface area contributed by atoms with Gasteiger partial charge in [-0.05, 0) is 19.3 Å². The molecule has 0 bridgehead atoms. The third kappa shape index (κ3) is 14.2. The summed E-state index contributed by atoms with van der Waals surface area (Å²) >= 11 is 0. The summed E-state index contributed by atoms with van der Waals surface area (Å²) in [6, 6.07) is 0. The number of unbranched alkanes of at least 4 members (excludes halogenated alkanes) is 10. The molecule has 0 aromatic heterocycles. The lowest BCUT2D eigenvalue weighted by Crippen LogP contribution is -2.60. The number of rotatable bonds is 20. The van der Waals surface area contributed by atoms with E-state index in [4.69, 9.17) is 19.3 Å².